The predicted molar refractivity (Wildman–Crippen MR) is 56.3 cm³/mol. The number of methoxy groups -OCH3 is 2. The summed E-state index contributed by atoms with van der Waals surface area (Å²) in [7, 11) is 3.31. The second-order valence-electron chi connectivity index (χ2n) is 3.11. The Kier molecular flexibility index (Phi) is 5.84. The second-order valence-corrected chi connectivity index (χ2v) is 3.11. The lowest BCUT2D eigenvalue weighted by atomic mass is 10.3. The summed E-state index contributed by atoms with van der Waals surface area (Å²) in [4.78, 5) is 8.32. The van der Waals surface area contributed by atoms with Crippen molar-refractivity contribution in [3.8, 4) is 0 Å². The van der Waals surface area contributed by atoms with E-state index in [9.17, 15) is 0 Å². The first-order valence-electron chi connectivity index (χ1n) is 4.85. The van der Waals surface area contributed by atoms with Crippen LogP contribution in [0.4, 0.5) is 0 Å². The molecule has 0 atom stereocenters. The van der Waals surface area contributed by atoms with Crippen LogP contribution in [0.1, 0.15) is 11.4 Å². The fourth-order valence-corrected chi connectivity index (χ4v) is 1.08. The van der Waals surface area contributed by atoms with E-state index >= 15 is 0 Å². The van der Waals surface area contributed by atoms with Gasteiger partial charge < -0.3 is 14.8 Å². The van der Waals surface area contributed by atoms with Gasteiger partial charge in [0.2, 0.25) is 0 Å². The van der Waals surface area contributed by atoms with E-state index in [-0.39, 0.29) is 0 Å². The van der Waals surface area contributed by atoms with Crippen molar-refractivity contribution < 1.29 is 9.47 Å². The summed E-state index contributed by atoms with van der Waals surface area (Å²) in [6, 6.07) is 0. The molecule has 1 N–H and O–H groups in total. The second kappa shape index (κ2) is 7.28. The molecule has 0 unspecified atom stereocenters. The molecular weight excluding hydrogens is 194 g/mol. The van der Waals surface area contributed by atoms with Gasteiger partial charge in [-0.2, -0.15) is 0 Å². The monoisotopic (exact) mass is 211 g/mol. The van der Waals surface area contributed by atoms with Crippen LogP contribution < -0.4 is 5.32 Å². The Morgan fingerprint density at radius 3 is 2.53 bits per heavy atom. The maximum Gasteiger partial charge on any atom is 0.153 e. The molecule has 0 aromatic carbocycles. The molecule has 0 bridgehead atoms. The molecule has 0 aliphatic heterocycles. The Hall–Kier alpha value is -1.04. The fraction of sp³-hybridized carbons (Fsp3) is 0.600. The van der Waals surface area contributed by atoms with E-state index in [1.54, 1.807) is 26.6 Å². The van der Waals surface area contributed by atoms with Crippen molar-refractivity contribution in [2.75, 3.05) is 27.4 Å². The zero-order valence-corrected chi connectivity index (χ0v) is 9.19. The van der Waals surface area contributed by atoms with Gasteiger partial charge in [-0.3, -0.25) is 0 Å². The number of nitrogens with one attached hydrogen (secondary N) is 1. The Labute approximate surface area is 89.8 Å². The summed E-state index contributed by atoms with van der Waals surface area (Å²) in [5.41, 5.74) is 1.06. The molecule has 0 radical (unpaired) electrons. The molecule has 0 aliphatic rings. The number of ether oxygens (including phenoxy) is 2. The van der Waals surface area contributed by atoms with Crippen LogP contribution in [0.2, 0.25) is 0 Å². The molecule has 0 spiro atoms. The minimum atomic E-state index is 0.456. The number of nitrogens with zero attached hydrogens (tertiary/aromatic N) is 2. The topological polar surface area (TPSA) is 56.3 Å². The molecule has 1 rings (SSSR count). The van der Waals surface area contributed by atoms with Gasteiger partial charge in [0.05, 0.1) is 6.61 Å². The average molecular weight is 211 g/mol. The molecule has 0 saturated heterocycles. The minimum Gasteiger partial charge on any atom is -0.383 e. The summed E-state index contributed by atoms with van der Waals surface area (Å²) in [5, 5.41) is 3.22. The van der Waals surface area contributed by atoms with Crippen LogP contribution in [0.5, 0.6) is 0 Å². The molecule has 84 valence electrons. The normalized spacial score (nSPS) is 10.5. The highest BCUT2D eigenvalue weighted by Gasteiger charge is 1.96. The van der Waals surface area contributed by atoms with Crippen LogP contribution in [-0.4, -0.2) is 37.3 Å². The van der Waals surface area contributed by atoms with E-state index in [4.69, 9.17) is 9.47 Å². The van der Waals surface area contributed by atoms with Crippen molar-refractivity contribution >= 4 is 0 Å². The van der Waals surface area contributed by atoms with Crippen LogP contribution in [0.25, 0.3) is 0 Å². The van der Waals surface area contributed by atoms with Gasteiger partial charge in [0.1, 0.15) is 6.61 Å². The van der Waals surface area contributed by atoms with Crippen molar-refractivity contribution in [3.05, 3.63) is 23.8 Å². The predicted octanol–water partition coefficient (Wildman–Crippen LogP) is 0.359. The smallest absolute Gasteiger partial charge is 0.153 e. The molecule has 1 aromatic heterocycles. The van der Waals surface area contributed by atoms with E-state index in [0.29, 0.717) is 19.0 Å². The summed E-state index contributed by atoms with van der Waals surface area (Å²) in [6.07, 6.45) is 3.61. The molecule has 1 aromatic rings. The highest BCUT2D eigenvalue weighted by molar-refractivity contribution is 5.04. The van der Waals surface area contributed by atoms with Crippen molar-refractivity contribution in [3.63, 3.8) is 0 Å². The van der Waals surface area contributed by atoms with E-state index < -0.39 is 0 Å². The van der Waals surface area contributed by atoms with Crippen molar-refractivity contribution in [2.24, 2.45) is 0 Å². The Bertz CT molecular complexity index is 264. The lowest BCUT2D eigenvalue weighted by molar-refractivity contribution is 0.177. The van der Waals surface area contributed by atoms with Gasteiger partial charge >= 0.3 is 0 Å². The first kappa shape index (κ1) is 12.0. The summed E-state index contributed by atoms with van der Waals surface area (Å²) in [6.45, 7) is 2.76. The van der Waals surface area contributed by atoms with Gasteiger partial charge in [-0.05, 0) is 0 Å². The quantitative estimate of drug-likeness (QED) is 0.660. The first-order valence-corrected chi connectivity index (χ1v) is 4.85. The van der Waals surface area contributed by atoms with Crippen molar-refractivity contribution in [1.82, 2.24) is 15.3 Å². The van der Waals surface area contributed by atoms with E-state index in [0.717, 1.165) is 18.7 Å². The van der Waals surface area contributed by atoms with Crippen LogP contribution >= 0.6 is 0 Å². The molecule has 5 nitrogen and oxygen atoms in total. The molecule has 0 fully saturated rings. The number of hydrogen-bond acceptors (Lipinski definition) is 5. The van der Waals surface area contributed by atoms with Crippen LogP contribution in [0.15, 0.2) is 12.4 Å². The fourth-order valence-electron chi connectivity index (χ4n) is 1.08. The van der Waals surface area contributed by atoms with Gasteiger partial charge in [-0.25, -0.2) is 9.97 Å². The molecular formula is C10H17N3O2. The van der Waals surface area contributed by atoms with E-state index in [2.05, 4.69) is 15.3 Å². The van der Waals surface area contributed by atoms with Gasteiger partial charge in [-0.1, -0.05) is 0 Å². The summed E-state index contributed by atoms with van der Waals surface area (Å²) >= 11 is 0. The maximum atomic E-state index is 4.92. The Morgan fingerprint density at radius 2 is 1.93 bits per heavy atom. The van der Waals surface area contributed by atoms with E-state index in [1.807, 2.05) is 0 Å². The van der Waals surface area contributed by atoms with Gasteiger partial charge in [0.15, 0.2) is 5.82 Å². The molecule has 0 amide bonds. The van der Waals surface area contributed by atoms with Crippen LogP contribution in [-0.2, 0) is 22.6 Å². The summed E-state index contributed by atoms with van der Waals surface area (Å²) in [5.74, 6) is 0.707. The number of aromatic nitrogens is 2. The SMILES string of the molecule is COCCNCc1cnc(COC)nc1. The molecule has 1 heterocycles. The first-order chi connectivity index (χ1) is 7.36. The van der Waals surface area contributed by atoms with Gasteiger partial charge in [0, 0.05) is 45.3 Å². The lowest BCUT2D eigenvalue weighted by Crippen LogP contribution is -2.18. The zero-order valence-electron chi connectivity index (χ0n) is 9.19. The minimum absolute atomic E-state index is 0.456. The standard InChI is InChI=1S/C10H17N3O2/c1-14-4-3-11-5-9-6-12-10(8-15-2)13-7-9/h6-7,11H,3-5,8H2,1-2H3. The van der Waals surface area contributed by atoms with Crippen LogP contribution in [0.3, 0.4) is 0 Å². The van der Waals surface area contributed by atoms with Crippen molar-refractivity contribution in [2.45, 2.75) is 13.2 Å². The zero-order chi connectivity index (χ0) is 10.9. The largest absolute Gasteiger partial charge is 0.383 e. The molecule has 5 heteroatoms. The Morgan fingerprint density at radius 1 is 1.20 bits per heavy atom. The highest BCUT2D eigenvalue weighted by atomic mass is 16.5. The third kappa shape index (κ3) is 4.83. The van der Waals surface area contributed by atoms with Crippen LogP contribution in [0, 0.1) is 0 Å². The number of rotatable bonds is 7. The van der Waals surface area contributed by atoms with Gasteiger partial charge in [0.25, 0.3) is 0 Å². The molecule has 15 heavy (non-hydrogen) atoms. The van der Waals surface area contributed by atoms with Gasteiger partial charge in [-0.15, -0.1) is 0 Å². The highest BCUT2D eigenvalue weighted by Crippen LogP contribution is 1.96. The molecule has 0 aliphatic carbocycles. The average Bonchev–Trinajstić information content (AvgIpc) is 2.27. The lowest BCUT2D eigenvalue weighted by Gasteiger charge is -2.04. The van der Waals surface area contributed by atoms with Crippen molar-refractivity contribution in [1.29, 1.82) is 0 Å². The third-order valence-electron chi connectivity index (χ3n) is 1.84. The summed E-state index contributed by atoms with van der Waals surface area (Å²) < 4.78 is 9.84. The number of hydrogen-bond donors (Lipinski definition) is 1. The maximum absolute atomic E-state index is 4.92. The van der Waals surface area contributed by atoms with E-state index in [1.165, 1.54) is 0 Å². The molecule has 0 saturated carbocycles. The third-order valence-corrected chi connectivity index (χ3v) is 1.84. The Balaban J connectivity index is 2.29.